The Morgan fingerprint density at radius 2 is 1.84 bits per heavy atom. The van der Waals surface area contributed by atoms with E-state index in [1.807, 2.05) is 16.8 Å². The summed E-state index contributed by atoms with van der Waals surface area (Å²) in [7, 11) is 0. The largest absolute Gasteiger partial charge is 0.416 e. The van der Waals surface area contributed by atoms with Gasteiger partial charge in [0, 0.05) is 24.3 Å². The van der Waals surface area contributed by atoms with Crippen molar-refractivity contribution < 1.29 is 18.0 Å². The van der Waals surface area contributed by atoms with E-state index in [4.69, 9.17) is 10.7 Å². The van der Waals surface area contributed by atoms with Crippen molar-refractivity contribution in [3.8, 4) is 11.4 Å². The van der Waals surface area contributed by atoms with Gasteiger partial charge < -0.3 is 16.4 Å². The van der Waals surface area contributed by atoms with Crippen LogP contribution < -0.4 is 16.4 Å². The zero-order valence-corrected chi connectivity index (χ0v) is 21.3. The Morgan fingerprint density at radius 3 is 2.58 bits per heavy atom. The third kappa shape index (κ3) is 5.98. The number of carbonyl (C=O) groups excluding carboxylic acids is 1. The number of rotatable bonds is 8. The molecule has 0 spiro atoms. The molecule has 0 saturated carbocycles. The van der Waals surface area contributed by atoms with Crippen LogP contribution in [0.5, 0.6) is 0 Å². The van der Waals surface area contributed by atoms with Crippen LogP contribution in [-0.4, -0.2) is 33.4 Å². The van der Waals surface area contributed by atoms with Gasteiger partial charge in [-0.3, -0.25) is 4.79 Å². The highest BCUT2D eigenvalue weighted by atomic mass is 32.1. The summed E-state index contributed by atoms with van der Waals surface area (Å²) >= 11 is 2.82. The number of alkyl halides is 3. The molecule has 194 valence electrons. The lowest BCUT2D eigenvalue weighted by Crippen LogP contribution is -2.31. The first kappa shape index (κ1) is 25.8. The molecule has 0 unspecified atom stereocenters. The molecular weight excluding hydrogens is 533 g/mol. The van der Waals surface area contributed by atoms with E-state index >= 15 is 0 Å². The highest BCUT2D eigenvalue weighted by molar-refractivity contribution is 7.17. The Balaban J connectivity index is 1.31. The van der Waals surface area contributed by atoms with E-state index < -0.39 is 11.7 Å². The highest BCUT2D eigenvalue weighted by Crippen LogP contribution is 2.31. The quantitative estimate of drug-likeness (QED) is 0.215. The normalized spacial score (nSPS) is 12.4. The van der Waals surface area contributed by atoms with Gasteiger partial charge in [0.1, 0.15) is 11.6 Å². The first-order valence-electron chi connectivity index (χ1n) is 11.5. The lowest BCUT2D eigenvalue weighted by Gasteiger charge is -2.15. The number of benzene rings is 1. The number of hydrogen-bond donors (Lipinski definition) is 3. The smallest absolute Gasteiger partial charge is 0.367 e. The second kappa shape index (κ2) is 10.9. The maximum absolute atomic E-state index is 12.8. The summed E-state index contributed by atoms with van der Waals surface area (Å²) in [6, 6.07) is 13.5. The number of amides is 1. The molecule has 1 atom stereocenters. The number of fused-ring (bicyclic) bond motifs is 1. The summed E-state index contributed by atoms with van der Waals surface area (Å²) in [5.41, 5.74) is 7.73. The molecule has 0 saturated heterocycles. The van der Waals surface area contributed by atoms with E-state index in [1.54, 1.807) is 30.5 Å². The number of nitrogens with one attached hydrogen (secondary N) is 2. The van der Waals surface area contributed by atoms with E-state index in [1.165, 1.54) is 34.8 Å². The fourth-order valence-electron chi connectivity index (χ4n) is 3.77. The van der Waals surface area contributed by atoms with Gasteiger partial charge in [-0.2, -0.15) is 13.2 Å². The molecule has 0 radical (unpaired) electrons. The van der Waals surface area contributed by atoms with Crippen LogP contribution in [0.3, 0.4) is 0 Å². The molecule has 7 nitrogen and oxygen atoms in total. The number of nitrogens with two attached hydrogens (primary N) is 1. The van der Waals surface area contributed by atoms with Gasteiger partial charge in [0.2, 0.25) is 0 Å². The van der Waals surface area contributed by atoms with Crippen LogP contribution in [-0.2, 0) is 12.6 Å². The third-order valence-corrected chi connectivity index (χ3v) is 7.40. The van der Waals surface area contributed by atoms with Crippen molar-refractivity contribution >= 4 is 50.4 Å². The summed E-state index contributed by atoms with van der Waals surface area (Å²) in [5, 5.41) is 9.80. The van der Waals surface area contributed by atoms with Gasteiger partial charge in [0.05, 0.1) is 20.7 Å². The van der Waals surface area contributed by atoms with Crippen LogP contribution in [0.4, 0.5) is 24.8 Å². The third-order valence-electron chi connectivity index (χ3n) is 5.62. The van der Waals surface area contributed by atoms with Crippen molar-refractivity contribution in [2.45, 2.75) is 18.6 Å². The van der Waals surface area contributed by atoms with Gasteiger partial charge in [-0.1, -0.05) is 18.2 Å². The van der Waals surface area contributed by atoms with Crippen molar-refractivity contribution in [2.75, 3.05) is 17.2 Å². The van der Waals surface area contributed by atoms with Crippen molar-refractivity contribution in [3.63, 3.8) is 0 Å². The Morgan fingerprint density at radius 1 is 1.03 bits per heavy atom. The maximum Gasteiger partial charge on any atom is 0.416 e. The molecule has 0 fully saturated rings. The Labute approximate surface area is 223 Å². The van der Waals surface area contributed by atoms with Crippen LogP contribution in [0.1, 0.15) is 20.8 Å². The van der Waals surface area contributed by atoms with Crippen LogP contribution in [0.2, 0.25) is 0 Å². The molecule has 0 aliphatic carbocycles. The van der Waals surface area contributed by atoms with Gasteiger partial charge in [-0.25, -0.2) is 15.0 Å². The standard InChI is InChI=1S/C26H21F3N6OS2/c27-26(28,29)17-5-3-15(4-6-17)12-18(30)14-32-24-22-19(8-11-38-22)33-23(35-24)16-7-9-31-21(13-16)34-25(36)20-2-1-10-37-20/h1-11,13,18H,12,14,30H2,(H,31,34,36)(H,32,33,35)/t18-/m0/s1. The topological polar surface area (TPSA) is 106 Å². The first-order valence-corrected chi connectivity index (χ1v) is 13.2. The molecule has 5 aromatic rings. The number of anilines is 2. The van der Waals surface area contributed by atoms with E-state index in [0.717, 1.165) is 22.3 Å². The molecule has 0 aliphatic heterocycles. The zero-order valence-electron chi connectivity index (χ0n) is 19.7. The second-order valence-corrected chi connectivity index (χ2v) is 10.3. The van der Waals surface area contributed by atoms with Crippen molar-refractivity contribution in [1.29, 1.82) is 0 Å². The highest BCUT2D eigenvalue weighted by Gasteiger charge is 2.30. The zero-order chi connectivity index (χ0) is 26.7. The molecule has 4 heterocycles. The number of thiophene rings is 2. The van der Waals surface area contributed by atoms with Crippen molar-refractivity contribution in [1.82, 2.24) is 15.0 Å². The number of aromatic nitrogens is 3. The fourth-order valence-corrected chi connectivity index (χ4v) is 5.18. The van der Waals surface area contributed by atoms with E-state index in [-0.39, 0.29) is 11.9 Å². The molecule has 4 N–H and O–H groups in total. The first-order chi connectivity index (χ1) is 18.3. The lowest BCUT2D eigenvalue weighted by atomic mass is 10.0. The number of hydrogen-bond acceptors (Lipinski definition) is 8. The number of halogens is 3. The summed E-state index contributed by atoms with van der Waals surface area (Å²) in [5.74, 6) is 1.18. The fraction of sp³-hybridized carbons (Fsp3) is 0.154. The summed E-state index contributed by atoms with van der Waals surface area (Å²) < 4.78 is 39.3. The minimum atomic E-state index is -4.37. The minimum Gasteiger partial charge on any atom is -0.367 e. The summed E-state index contributed by atoms with van der Waals surface area (Å²) in [4.78, 5) is 26.6. The minimum absolute atomic E-state index is 0.247. The van der Waals surface area contributed by atoms with Crippen LogP contribution in [0.15, 0.2) is 71.6 Å². The van der Waals surface area contributed by atoms with Crippen LogP contribution in [0, 0.1) is 0 Å². The van der Waals surface area contributed by atoms with Crippen molar-refractivity contribution in [3.05, 3.63) is 87.6 Å². The Hall–Kier alpha value is -3.87. The maximum atomic E-state index is 12.8. The average Bonchev–Trinajstić information content (AvgIpc) is 3.60. The average molecular weight is 555 g/mol. The molecule has 38 heavy (non-hydrogen) atoms. The molecule has 4 aromatic heterocycles. The summed E-state index contributed by atoms with van der Waals surface area (Å²) in [6.07, 6.45) is -2.40. The molecule has 1 aromatic carbocycles. The SMILES string of the molecule is N[C@H](CNc1nc(-c2ccnc(NC(=O)c3cccs3)c2)nc2ccsc12)Cc1ccc(C(F)(F)F)cc1. The van der Waals surface area contributed by atoms with Crippen molar-refractivity contribution in [2.24, 2.45) is 5.73 Å². The summed E-state index contributed by atoms with van der Waals surface area (Å²) in [6.45, 7) is 0.350. The van der Waals surface area contributed by atoms with Gasteiger partial charge in [0.15, 0.2) is 5.82 Å². The Bertz CT molecular complexity index is 1550. The van der Waals surface area contributed by atoms with Gasteiger partial charge in [-0.05, 0) is 59.1 Å². The van der Waals surface area contributed by atoms with E-state index in [9.17, 15) is 18.0 Å². The molecule has 5 rings (SSSR count). The van der Waals surface area contributed by atoms with E-state index in [0.29, 0.717) is 46.4 Å². The lowest BCUT2D eigenvalue weighted by molar-refractivity contribution is -0.137. The molecular formula is C26H21F3N6OS2. The number of pyridine rings is 1. The second-order valence-electron chi connectivity index (χ2n) is 8.43. The molecule has 0 bridgehead atoms. The van der Waals surface area contributed by atoms with Crippen LogP contribution in [0.25, 0.3) is 21.6 Å². The molecule has 12 heteroatoms. The van der Waals surface area contributed by atoms with Gasteiger partial charge in [-0.15, -0.1) is 22.7 Å². The number of nitrogens with zero attached hydrogens (tertiary/aromatic N) is 3. The predicted molar refractivity (Wildman–Crippen MR) is 145 cm³/mol. The predicted octanol–water partition coefficient (Wildman–Crippen LogP) is 6.07. The van der Waals surface area contributed by atoms with E-state index in [2.05, 4.69) is 20.6 Å². The Kier molecular flexibility index (Phi) is 7.36. The molecule has 0 aliphatic rings. The monoisotopic (exact) mass is 554 g/mol. The van der Waals surface area contributed by atoms with Gasteiger partial charge in [0.25, 0.3) is 5.91 Å². The molecule has 1 amide bonds. The number of carbonyl (C=O) groups is 1. The van der Waals surface area contributed by atoms with Gasteiger partial charge >= 0.3 is 6.18 Å². The van der Waals surface area contributed by atoms with Crippen LogP contribution >= 0.6 is 22.7 Å².